The van der Waals surface area contributed by atoms with Crippen LogP contribution in [0.1, 0.15) is 6.92 Å². The van der Waals surface area contributed by atoms with Crippen LogP contribution >= 0.6 is 0 Å². The summed E-state index contributed by atoms with van der Waals surface area (Å²) in [7, 11) is 0. The Bertz CT molecular complexity index is 462. The van der Waals surface area contributed by atoms with Gasteiger partial charge in [0.25, 0.3) is 0 Å². The Hall–Kier alpha value is -1.42. The first kappa shape index (κ1) is 24.6. The topological polar surface area (TPSA) is 90.6 Å². The molecule has 0 aliphatic rings. The van der Waals surface area contributed by atoms with Crippen molar-refractivity contribution in [3.63, 3.8) is 0 Å². The highest BCUT2D eigenvalue weighted by Gasteiger charge is 1.98. The molecule has 0 bridgehead atoms. The van der Waals surface area contributed by atoms with Gasteiger partial charge >= 0.3 is 0 Å². The van der Waals surface area contributed by atoms with E-state index in [0.29, 0.717) is 97.3 Å². The van der Waals surface area contributed by atoms with Crippen LogP contribution in [0.25, 0.3) is 0 Å². The zero-order valence-corrected chi connectivity index (χ0v) is 16.9. The van der Waals surface area contributed by atoms with Gasteiger partial charge in [0.1, 0.15) is 12.4 Å². The van der Waals surface area contributed by atoms with Crippen molar-refractivity contribution in [3.8, 4) is 5.75 Å². The van der Waals surface area contributed by atoms with E-state index < -0.39 is 0 Å². The molecule has 1 aromatic carbocycles. The Morgan fingerprint density at radius 3 is 1.39 bits per heavy atom. The number of anilines is 1. The molecule has 0 radical (unpaired) electrons. The fourth-order valence-corrected chi connectivity index (χ4v) is 2.07. The van der Waals surface area contributed by atoms with E-state index in [1.54, 1.807) is 6.07 Å². The zero-order valence-electron chi connectivity index (χ0n) is 16.9. The third kappa shape index (κ3) is 14.6. The number of para-hydroxylation sites is 2. The molecule has 0 fully saturated rings. The summed E-state index contributed by atoms with van der Waals surface area (Å²) in [4.78, 5) is 0. The van der Waals surface area contributed by atoms with Gasteiger partial charge in [-0.05, 0) is 19.1 Å². The van der Waals surface area contributed by atoms with Crippen LogP contribution in [-0.4, -0.2) is 85.9 Å². The maximum Gasteiger partial charge on any atom is 0.142 e. The van der Waals surface area contributed by atoms with E-state index in [4.69, 9.17) is 38.9 Å². The van der Waals surface area contributed by atoms with E-state index in [1.165, 1.54) is 0 Å². The molecular formula is C20H35NO7. The maximum atomic E-state index is 5.79. The Morgan fingerprint density at radius 2 is 0.964 bits per heavy atom. The number of hydrogen-bond donors (Lipinski definition) is 1. The van der Waals surface area contributed by atoms with Crippen molar-refractivity contribution in [2.24, 2.45) is 0 Å². The fraction of sp³-hybridized carbons (Fsp3) is 0.700. The highest BCUT2D eigenvalue weighted by Crippen LogP contribution is 2.19. The van der Waals surface area contributed by atoms with Crippen molar-refractivity contribution >= 4 is 5.69 Å². The number of hydrogen-bond acceptors (Lipinski definition) is 8. The van der Waals surface area contributed by atoms with Crippen molar-refractivity contribution in [2.45, 2.75) is 6.92 Å². The number of ether oxygens (including phenoxy) is 7. The summed E-state index contributed by atoms with van der Waals surface area (Å²) < 4.78 is 37.7. The lowest BCUT2D eigenvalue weighted by molar-refractivity contribution is -0.0173. The number of nitrogens with two attached hydrogens (primary N) is 1. The van der Waals surface area contributed by atoms with Crippen molar-refractivity contribution < 1.29 is 33.2 Å². The molecule has 28 heavy (non-hydrogen) atoms. The monoisotopic (exact) mass is 401 g/mol. The quantitative estimate of drug-likeness (QED) is 0.261. The molecule has 0 spiro atoms. The van der Waals surface area contributed by atoms with Crippen LogP contribution in [0, 0.1) is 0 Å². The van der Waals surface area contributed by atoms with E-state index in [2.05, 4.69) is 0 Å². The van der Waals surface area contributed by atoms with Gasteiger partial charge in [0, 0.05) is 6.61 Å². The van der Waals surface area contributed by atoms with Crippen molar-refractivity contribution in [1.82, 2.24) is 0 Å². The highest BCUT2D eigenvalue weighted by atomic mass is 16.6. The molecule has 0 amide bonds. The molecule has 0 heterocycles. The molecule has 1 aromatic rings. The smallest absolute Gasteiger partial charge is 0.142 e. The highest BCUT2D eigenvalue weighted by molar-refractivity contribution is 5.51. The first-order chi connectivity index (χ1) is 13.8. The zero-order chi connectivity index (χ0) is 20.1. The summed E-state index contributed by atoms with van der Waals surface area (Å²) in [6, 6.07) is 7.39. The van der Waals surface area contributed by atoms with E-state index in [-0.39, 0.29) is 0 Å². The van der Waals surface area contributed by atoms with Gasteiger partial charge in [-0.3, -0.25) is 0 Å². The molecule has 0 aliphatic heterocycles. The van der Waals surface area contributed by atoms with Crippen LogP contribution in [0.4, 0.5) is 5.69 Å². The van der Waals surface area contributed by atoms with Gasteiger partial charge in [-0.15, -0.1) is 0 Å². The number of nitrogen functional groups attached to an aromatic ring is 1. The predicted molar refractivity (Wildman–Crippen MR) is 107 cm³/mol. The first-order valence-corrected chi connectivity index (χ1v) is 9.78. The van der Waals surface area contributed by atoms with Gasteiger partial charge in [-0.1, -0.05) is 12.1 Å². The second-order valence-corrected chi connectivity index (χ2v) is 5.65. The lowest BCUT2D eigenvalue weighted by atomic mass is 10.3. The molecule has 2 N–H and O–H groups in total. The van der Waals surface area contributed by atoms with Crippen LogP contribution in [0.5, 0.6) is 5.75 Å². The standard InChI is InChI=1S/C20H35NO7/c1-2-22-7-8-23-9-10-24-11-12-25-13-14-26-15-16-27-17-18-28-20-6-4-3-5-19(20)21/h3-6H,2,7-18,21H2,1H3. The van der Waals surface area contributed by atoms with Gasteiger partial charge in [0.15, 0.2) is 0 Å². The maximum absolute atomic E-state index is 5.79. The fourth-order valence-electron chi connectivity index (χ4n) is 2.07. The van der Waals surface area contributed by atoms with Crippen molar-refractivity contribution in [3.05, 3.63) is 24.3 Å². The Morgan fingerprint density at radius 1 is 0.571 bits per heavy atom. The lowest BCUT2D eigenvalue weighted by Crippen LogP contribution is -2.15. The molecule has 8 nitrogen and oxygen atoms in total. The molecule has 0 saturated heterocycles. The van der Waals surface area contributed by atoms with Crippen LogP contribution in [-0.2, 0) is 28.4 Å². The molecule has 0 atom stereocenters. The molecular weight excluding hydrogens is 366 g/mol. The summed E-state index contributed by atoms with van der Waals surface area (Å²) in [5, 5.41) is 0. The van der Waals surface area contributed by atoms with E-state index in [1.807, 2.05) is 25.1 Å². The first-order valence-electron chi connectivity index (χ1n) is 9.78. The molecule has 8 heteroatoms. The summed E-state index contributed by atoms with van der Waals surface area (Å²) in [5.74, 6) is 0.678. The lowest BCUT2D eigenvalue weighted by Gasteiger charge is -2.09. The number of rotatable bonds is 20. The van der Waals surface area contributed by atoms with Gasteiger partial charge in [-0.2, -0.15) is 0 Å². The SMILES string of the molecule is CCOCCOCCOCCOCCOCCOCCOc1ccccc1N. The average Bonchev–Trinajstić information content (AvgIpc) is 2.71. The van der Waals surface area contributed by atoms with Gasteiger partial charge < -0.3 is 38.9 Å². The Labute approximate surface area is 168 Å². The molecule has 0 unspecified atom stereocenters. The van der Waals surface area contributed by atoms with E-state index >= 15 is 0 Å². The summed E-state index contributed by atoms with van der Waals surface area (Å²) in [6.45, 7) is 9.15. The van der Waals surface area contributed by atoms with Crippen LogP contribution < -0.4 is 10.5 Å². The minimum absolute atomic E-state index is 0.453. The molecule has 162 valence electrons. The molecule has 0 saturated carbocycles. The molecule has 1 rings (SSSR count). The molecule has 0 aliphatic carbocycles. The predicted octanol–water partition coefficient (Wildman–Crippen LogP) is 1.77. The van der Waals surface area contributed by atoms with Crippen LogP contribution in [0.3, 0.4) is 0 Å². The summed E-state index contributed by atoms with van der Waals surface area (Å²) >= 11 is 0. The third-order valence-electron chi connectivity index (χ3n) is 3.47. The second kappa shape index (κ2) is 18.9. The summed E-state index contributed by atoms with van der Waals surface area (Å²) in [5.41, 5.74) is 6.41. The molecule has 0 aromatic heterocycles. The van der Waals surface area contributed by atoms with Gasteiger partial charge in [-0.25, -0.2) is 0 Å². The normalized spacial score (nSPS) is 11.0. The van der Waals surface area contributed by atoms with E-state index in [9.17, 15) is 0 Å². The third-order valence-corrected chi connectivity index (χ3v) is 3.47. The Balaban J connectivity index is 1.72. The summed E-state index contributed by atoms with van der Waals surface area (Å²) in [6.07, 6.45) is 0. The van der Waals surface area contributed by atoms with E-state index in [0.717, 1.165) is 0 Å². The van der Waals surface area contributed by atoms with Crippen LogP contribution in [0.15, 0.2) is 24.3 Å². The minimum atomic E-state index is 0.453. The van der Waals surface area contributed by atoms with Gasteiger partial charge in [0.05, 0.1) is 78.4 Å². The largest absolute Gasteiger partial charge is 0.489 e. The van der Waals surface area contributed by atoms with Crippen LogP contribution in [0.2, 0.25) is 0 Å². The second-order valence-electron chi connectivity index (χ2n) is 5.65. The van der Waals surface area contributed by atoms with Crippen molar-refractivity contribution in [2.75, 3.05) is 91.6 Å². The average molecular weight is 402 g/mol. The Kier molecular flexibility index (Phi) is 16.6. The van der Waals surface area contributed by atoms with Crippen molar-refractivity contribution in [1.29, 1.82) is 0 Å². The number of benzene rings is 1. The minimum Gasteiger partial charge on any atom is -0.489 e. The van der Waals surface area contributed by atoms with Gasteiger partial charge in [0.2, 0.25) is 0 Å².